The molecule has 0 bridgehead atoms. The number of hydrogen-bond acceptors (Lipinski definition) is 6. The Labute approximate surface area is 151 Å². The van der Waals surface area contributed by atoms with Gasteiger partial charge in [-0.3, -0.25) is 9.59 Å². The minimum atomic E-state index is -0.512. The van der Waals surface area contributed by atoms with Crippen LogP contribution in [0.25, 0.3) is 0 Å². The molecule has 0 saturated carbocycles. The summed E-state index contributed by atoms with van der Waals surface area (Å²) in [6.07, 6.45) is 1.04. The van der Waals surface area contributed by atoms with Crippen LogP contribution in [-0.2, 0) is 28.5 Å². The van der Waals surface area contributed by atoms with Crippen LogP contribution in [0.1, 0.15) is 39.0 Å². The van der Waals surface area contributed by atoms with Gasteiger partial charge < -0.3 is 24.3 Å². The van der Waals surface area contributed by atoms with Gasteiger partial charge in [0.2, 0.25) is 5.91 Å². The SMILES string of the molecule is [B][C@@H]1O[C@H](CC)CC1OC[C@H]1O[C@@H]([B])C[C@H]1OC(=O)CCC(=O)NC. The van der Waals surface area contributed by atoms with E-state index >= 15 is 0 Å². The van der Waals surface area contributed by atoms with Crippen molar-refractivity contribution in [3.63, 3.8) is 0 Å². The molecule has 0 spiro atoms. The van der Waals surface area contributed by atoms with Crippen LogP contribution in [0, 0.1) is 0 Å². The number of esters is 1. The Morgan fingerprint density at radius 2 is 1.92 bits per heavy atom. The predicted octanol–water partition coefficient (Wildman–Crippen LogP) is -0.213. The number of carbonyl (C=O) groups is 2. The number of ether oxygens (including phenoxy) is 4. The number of amides is 1. The maximum Gasteiger partial charge on any atom is 0.306 e. The molecule has 0 aliphatic carbocycles. The molecule has 0 aromatic carbocycles. The van der Waals surface area contributed by atoms with E-state index in [2.05, 4.69) is 5.32 Å². The topological polar surface area (TPSA) is 83.1 Å². The van der Waals surface area contributed by atoms with Crippen LogP contribution in [0.3, 0.4) is 0 Å². The van der Waals surface area contributed by atoms with E-state index in [9.17, 15) is 9.59 Å². The van der Waals surface area contributed by atoms with Crippen molar-refractivity contribution in [3.8, 4) is 0 Å². The van der Waals surface area contributed by atoms with Gasteiger partial charge in [-0.1, -0.05) is 6.92 Å². The lowest BCUT2D eigenvalue weighted by atomic mass is 9.94. The molecule has 0 aromatic rings. The lowest BCUT2D eigenvalue weighted by Crippen LogP contribution is -2.35. The van der Waals surface area contributed by atoms with Crippen molar-refractivity contribution in [3.05, 3.63) is 0 Å². The lowest BCUT2D eigenvalue weighted by molar-refractivity contribution is -0.155. The molecule has 2 heterocycles. The first-order valence-corrected chi connectivity index (χ1v) is 8.76. The molecule has 9 heteroatoms. The van der Waals surface area contributed by atoms with Crippen LogP contribution < -0.4 is 5.32 Å². The first-order valence-electron chi connectivity index (χ1n) is 8.76. The first kappa shape index (κ1) is 20.3. The molecule has 2 aliphatic rings. The van der Waals surface area contributed by atoms with E-state index in [4.69, 9.17) is 34.6 Å². The van der Waals surface area contributed by atoms with Crippen molar-refractivity contribution in [2.24, 2.45) is 0 Å². The number of rotatable bonds is 8. The molecule has 6 atom stereocenters. The Kier molecular flexibility index (Phi) is 7.78. The van der Waals surface area contributed by atoms with Crippen LogP contribution in [0.5, 0.6) is 0 Å². The third-order valence-corrected chi connectivity index (χ3v) is 4.49. The second-order valence-corrected chi connectivity index (χ2v) is 6.39. The molecule has 2 saturated heterocycles. The smallest absolute Gasteiger partial charge is 0.306 e. The average molecular weight is 349 g/mol. The Bertz CT molecular complexity index is 466. The van der Waals surface area contributed by atoms with E-state index in [1.807, 2.05) is 6.92 Å². The molecule has 4 radical (unpaired) electrons. The molecule has 1 unspecified atom stereocenters. The minimum Gasteiger partial charge on any atom is -0.459 e. The lowest BCUT2D eigenvalue weighted by Gasteiger charge is -2.22. The van der Waals surface area contributed by atoms with Gasteiger partial charge in [0.15, 0.2) is 0 Å². The van der Waals surface area contributed by atoms with Gasteiger partial charge in [-0.25, -0.2) is 0 Å². The molecular weight excluding hydrogens is 324 g/mol. The van der Waals surface area contributed by atoms with Gasteiger partial charge >= 0.3 is 5.97 Å². The summed E-state index contributed by atoms with van der Waals surface area (Å²) in [4.78, 5) is 23.1. The highest BCUT2D eigenvalue weighted by molar-refractivity contribution is 6.11. The number of hydrogen-bond donors (Lipinski definition) is 1. The van der Waals surface area contributed by atoms with Crippen LogP contribution in [-0.4, -0.2) is 77.6 Å². The molecule has 25 heavy (non-hydrogen) atoms. The fraction of sp³-hybridized carbons (Fsp3) is 0.875. The van der Waals surface area contributed by atoms with Gasteiger partial charge in [0, 0.05) is 38.3 Å². The Hall–Kier alpha value is -1.05. The first-order chi connectivity index (χ1) is 11.9. The van der Waals surface area contributed by atoms with Crippen LogP contribution in [0.2, 0.25) is 0 Å². The average Bonchev–Trinajstić information content (AvgIpc) is 3.12. The fourth-order valence-electron chi connectivity index (χ4n) is 2.99. The predicted molar refractivity (Wildman–Crippen MR) is 91.3 cm³/mol. The molecule has 2 aliphatic heterocycles. The van der Waals surface area contributed by atoms with E-state index in [0.29, 0.717) is 6.42 Å². The normalized spacial score (nSPS) is 34.8. The Balaban J connectivity index is 1.78. The summed E-state index contributed by atoms with van der Waals surface area (Å²) in [6.45, 7) is 2.26. The van der Waals surface area contributed by atoms with E-state index in [0.717, 1.165) is 12.8 Å². The summed E-state index contributed by atoms with van der Waals surface area (Å²) < 4.78 is 22.4. The second-order valence-electron chi connectivity index (χ2n) is 6.39. The van der Waals surface area contributed by atoms with Crippen molar-refractivity contribution in [1.82, 2.24) is 5.32 Å². The molecule has 2 rings (SSSR count). The highest BCUT2D eigenvalue weighted by Crippen LogP contribution is 2.27. The third kappa shape index (κ3) is 6.01. The Morgan fingerprint density at radius 3 is 2.56 bits per heavy atom. The summed E-state index contributed by atoms with van der Waals surface area (Å²) in [5.41, 5.74) is 0. The Morgan fingerprint density at radius 1 is 1.16 bits per heavy atom. The molecule has 1 N–H and O–H groups in total. The summed E-state index contributed by atoms with van der Waals surface area (Å²) in [5, 5.41) is 2.46. The molecule has 7 nitrogen and oxygen atoms in total. The number of carbonyl (C=O) groups excluding carboxylic acids is 2. The van der Waals surface area contributed by atoms with Crippen molar-refractivity contribution in [2.75, 3.05) is 13.7 Å². The fourth-order valence-corrected chi connectivity index (χ4v) is 2.99. The zero-order chi connectivity index (χ0) is 18.4. The molecular formula is C16H25B2NO6. The summed E-state index contributed by atoms with van der Waals surface area (Å²) in [7, 11) is 13.2. The van der Waals surface area contributed by atoms with E-state index in [-0.39, 0.29) is 37.6 Å². The maximum atomic E-state index is 11.9. The standard InChI is InChI=1S/C16H25B2NO6/c1-3-9-6-11(16(18)23-9)22-8-12-10(7-13(17)24-12)25-15(21)5-4-14(20)19-2/h9-13,16H,3-8H2,1-2H3,(H,19,20)/t9-,10-,11?,12-,13-,16-/m1/s1. The largest absolute Gasteiger partial charge is 0.459 e. The van der Waals surface area contributed by atoms with Crippen molar-refractivity contribution < 1.29 is 28.5 Å². The minimum absolute atomic E-state index is 0.0124. The van der Waals surface area contributed by atoms with Crippen LogP contribution in [0.4, 0.5) is 0 Å². The van der Waals surface area contributed by atoms with Crippen molar-refractivity contribution in [1.29, 1.82) is 0 Å². The van der Waals surface area contributed by atoms with Gasteiger partial charge in [-0.2, -0.15) is 0 Å². The monoisotopic (exact) mass is 349 g/mol. The number of nitrogens with one attached hydrogen (secondary N) is 1. The molecule has 136 valence electrons. The zero-order valence-corrected chi connectivity index (χ0v) is 14.8. The molecule has 0 aromatic heterocycles. The molecule has 1 amide bonds. The highest BCUT2D eigenvalue weighted by Gasteiger charge is 2.38. The summed E-state index contributed by atoms with van der Waals surface area (Å²) in [5.74, 6) is -0.667. The second kappa shape index (κ2) is 9.59. The quantitative estimate of drug-likeness (QED) is 0.482. The molecule has 2 fully saturated rings. The van der Waals surface area contributed by atoms with E-state index < -0.39 is 30.2 Å². The van der Waals surface area contributed by atoms with Crippen molar-refractivity contribution >= 4 is 27.6 Å². The van der Waals surface area contributed by atoms with Gasteiger partial charge in [0.1, 0.15) is 27.9 Å². The van der Waals surface area contributed by atoms with Gasteiger partial charge in [-0.05, 0) is 6.42 Å². The maximum absolute atomic E-state index is 11.9. The summed E-state index contributed by atoms with van der Waals surface area (Å²) >= 11 is 0. The van der Waals surface area contributed by atoms with E-state index in [1.165, 1.54) is 7.05 Å². The van der Waals surface area contributed by atoms with Gasteiger partial charge in [-0.15, -0.1) is 0 Å². The van der Waals surface area contributed by atoms with Gasteiger partial charge in [0.25, 0.3) is 0 Å². The van der Waals surface area contributed by atoms with Gasteiger partial charge in [0.05, 0.1) is 25.2 Å². The zero-order valence-electron chi connectivity index (χ0n) is 14.8. The van der Waals surface area contributed by atoms with E-state index in [1.54, 1.807) is 0 Å². The van der Waals surface area contributed by atoms with Crippen LogP contribution >= 0.6 is 0 Å². The highest BCUT2D eigenvalue weighted by atomic mass is 16.6. The summed E-state index contributed by atoms with van der Waals surface area (Å²) in [6, 6.07) is -0.976. The third-order valence-electron chi connectivity index (χ3n) is 4.49. The van der Waals surface area contributed by atoms with Crippen LogP contribution in [0.15, 0.2) is 0 Å². The van der Waals surface area contributed by atoms with Crippen molar-refractivity contribution in [2.45, 2.75) is 75.5 Å².